The lowest BCUT2D eigenvalue weighted by atomic mass is 10.2. The van der Waals surface area contributed by atoms with Crippen molar-refractivity contribution in [2.24, 2.45) is 0 Å². The topological polar surface area (TPSA) is 78.9 Å². The van der Waals surface area contributed by atoms with Crippen molar-refractivity contribution in [3.05, 3.63) is 0 Å². The van der Waals surface area contributed by atoms with E-state index in [1.54, 1.807) is 20.8 Å². The summed E-state index contributed by atoms with van der Waals surface area (Å²) >= 11 is 0. The molecule has 20 heavy (non-hydrogen) atoms. The highest BCUT2D eigenvalue weighted by Gasteiger charge is 2.18. The number of methoxy groups -OCH3 is 1. The SMILES string of the molecule is CO[C@H](C)CC(=O)O[C@@H](C)CC(=O)O[C@H](C)CC(C)=O. The second kappa shape index (κ2) is 9.47. The number of carbonyl (C=O) groups is 3. The lowest BCUT2D eigenvalue weighted by molar-refractivity contribution is -0.157. The number of carbonyl (C=O) groups excluding carboxylic acids is 3. The molecule has 0 radical (unpaired) electrons. The third-order valence-corrected chi connectivity index (χ3v) is 2.55. The lowest BCUT2D eigenvalue weighted by Crippen LogP contribution is -2.25. The Morgan fingerprint density at radius 2 is 1.20 bits per heavy atom. The van der Waals surface area contributed by atoms with E-state index < -0.39 is 24.1 Å². The molecule has 0 heterocycles. The Bertz CT molecular complexity index is 339. The molecule has 0 unspecified atom stereocenters. The van der Waals surface area contributed by atoms with Crippen molar-refractivity contribution in [2.45, 2.75) is 65.3 Å². The van der Waals surface area contributed by atoms with Gasteiger partial charge in [0.25, 0.3) is 0 Å². The van der Waals surface area contributed by atoms with Crippen LogP contribution in [0.15, 0.2) is 0 Å². The Hall–Kier alpha value is -1.43. The number of rotatable bonds is 9. The normalized spacial score (nSPS) is 15.1. The van der Waals surface area contributed by atoms with Gasteiger partial charge in [0.05, 0.1) is 18.9 Å². The maximum absolute atomic E-state index is 11.6. The summed E-state index contributed by atoms with van der Waals surface area (Å²) in [5.74, 6) is -0.950. The smallest absolute Gasteiger partial charge is 0.309 e. The molecule has 0 saturated heterocycles. The van der Waals surface area contributed by atoms with Gasteiger partial charge in [0, 0.05) is 13.5 Å². The second-order valence-corrected chi connectivity index (χ2v) is 4.96. The first-order valence-corrected chi connectivity index (χ1v) is 6.65. The molecule has 0 aromatic heterocycles. The Balaban J connectivity index is 4.01. The van der Waals surface area contributed by atoms with Crippen LogP contribution in [0.3, 0.4) is 0 Å². The van der Waals surface area contributed by atoms with Gasteiger partial charge in [-0.15, -0.1) is 0 Å². The van der Waals surface area contributed by atoms with E-state index in [9.17, 15) is 14.4 Å². The van der Waals surface area contributed by atoms with E-state index in [1.165, 1.54) is 14.0 Å². The zero-order chi connectivity index (χ0) is 15.7. The first kappa shape index (κ1) is 18.6. The van der Waals surface area contributed by atoms with Crippen molar-refractivity contribution < 1.29 is 28.6 Å². The van der Waals surface area contributed by atoms with Crippen LogP contribution in [0.5, 0.6) is 0 Å². The van der Waals surface area contributed by atoms with Crippen molar-refractivity contribution in [3.63, 3.8) is 0 Å². The molecule has 0 amide bonds. The fourth-order valence-corrected chi connectivity index (χ4v) is 1.59. The Kier molecular flexibility index (Phi) is 8.79. The molecule has 0 fully saturated rings. The standard InChI is InChI=1S/C14H24O6/c1-9(15)6-11(3)19-14(17)8-12(4)20-13(16)7-10(2)18-5/h10-12H,6-8H2,1-5H3/t10-,11-,12+/m1/s1. The molecule has 0 aromatic carbocycles. The molecule has 0 aliphatic heterocycles. The van der Waals surface area contributed by atoms with Gasteiger partial charge in [0.15, 0.2) is 0 Å². The molecular formula is C14H24O6. The average Bonchev–Trinajstić information content (AvgIpc) is 2.26. The summed E-state index contributed by atoms with van der Waals surface area (Å²) in [6.07, 6.45) is -0.964. The minimum atomic E-state index is -0.566. The molecule has 6 heteroatoms. The number of esters is 2. The van der Waals surface area contributed by atoms with Crippen LogP contribution in [-0.4, -0.2) is 43.1 Å². The van der Waals surface area contributed by atoms with E-state index >= 15 is 0 Å². The fourth-order valence-electron chi connectivity index (χ4n) is 1.59. The molecule has 3 atom stereocenters. The molecule has 0 aliphatic rings. The van der Waals surface area contributed by atoms with Gasteiger partial charge in [-0.3, -0.25) is 14.4 Å². The highest BCUT2D eigenvalue weighted by Crippen LogP contribution is 2.07. The van der Waals surface area contributed by atoms with Crippen LogP contribution in [0.4, 0.5) is 0 Å². The van der Waals surface area contributed by atoms with Crippen LogP contribution < -0.4 is 0 Å². The lowest BCUT2D eigenvalue weighted by Gasteiger charge is -2.16. The number of ketones is 1. The highest BCUT2D eigenvalue weighted by molar-refractivity contribution is 5.77. The average molecular weight is 288 g/mol. The first-order valence-electron chi connectivity index (χ1n) is 6.65. The first-order chi connectivity index (χ1) is 9.24. The van der Waals surface area contributed by atoms with Crippen molar-refractivity contribution in [2.75, 3.05) is 7.11 Å². The summed E-state index contributed by atoms with van der Waals surface area (Å²) in [5.41, 5.74) is 0. The van der Waals surface area contributed by atoms with Crippen LogP contribution >= 0.6 is 0 Å². The quantitative estimate of drug-likeness (QED) is 0.600. The van der Waals surface area contributed by atoms with Gasteiger partial charge in [0.2, 0.25) is 0 Å². The van der Waals surface area contributed by atoms with E-state index in [0.29, 0.717) is 0 Å². The van der Waals surface area contributed by atoms with Crippen LogP contribution in [0.1, 0.15) is 47.0 Å². The predicted octanol–water partition coefficient (Wildman–Crippen LogP) is 1.64. The summed E-state index contributed by atoms with van der Waals surface area (Å²) in [5, 5.41) is 0. The fraction of sp³-hybridized carbons (Fsp3) is 0.786. The van der Waals surface area contributed by atoms with Crippen molar-refractivity contribution in [1.82, 2.24) is 0 Å². The molecule has 0 aromatic rings. The third kappa shape index (κ3) is 9.49. The molecular weight excluding hydrogens is 264 g/mol. The molecule has 0 aliphatic carbocycles. The van der Waals surface area contributed by atoms with Crippen LogP contribution in [0, 0.1) is 0 Å². The summed E-state index contributed by atoms with van der Waals surface area (Å²) in [6.45, 7) is 6.46. The van der Waals surface area contributed by atoms with Crippen LogP contribution in [0.2, 0.25) is 0 Å². The van der Waals surface area contributed by atoms with Gasteiger partial charge >= 0.3 is 11.9 Å². The van der Waals surface area contributed by atoms with E-state index in [1.807, 2.05) is 0 Å². The number of hydrogen-bond acceptors (Lipinski definition) is 6. The molecule has 0 rings (SSSR count). The van der Waals surface area contributed by atoms with Gasteiger partial charge in [-0.2, -0.15) is 0 Å². The maximum atomic E-state index is 11.6. The minimum Gasteiger partial charge on any atom is -0.462 e. The van der Waals surface area contributed by atoms with Crippen molar-refractivity contribution in [1.29, 1.82) is 0 Å². The Morgan fingerprint density at radius 3 is 1.60 bits per heavy atom. The monoisotopic (exact) mass is 288 g/mol. The summed E-state index contributed by atoms with van der Waals surface area (Å²) < 4.78 is 15.1. The van der Waals surface area contributed by atoms with E-state index in [0.717, 1.165) is 0 Å². The van der Waals surface area contributed by atoms with Gasteiger partial charge in [0.1, 0.15) is 18.0 Å². The molecule has 0 spiro atoms. The molecule has 0 bridgehead atoms. The summed E-state index contributed by atoms with van der Waals surface area (Å²) in [4.78, 5) is 33.9. The molecule has 0 saturated carbocycles. The predicted molar refractivity (Wildman–Crippen MR) is 72.1 cm³/mol. The van der Waals surface area contributed by atoms with Crippen LogP contribution in [-0.2, 0) is 28.6 Å². The van der Waals surface area contributed by atoms with Gasteiger partial charge < -0.3 is 14.2 Å². The third-order valence-electron chi connectivity index (χ3n) is 2.55. The summed E-state index contributed by atoms with van der Waals surface area (Å²) in [7, 11) is 1.51. The Morgan fingerprint density at radius 1 is 0.800 bits per heavy atom. The maximum Gasteiger partial charge on any atom is 0.309 e. The van der Waals surface area contributed by atoms with E-state index in [4.69, 9.17) is 14.2 Å². The second-order valence-electron chi connectivity index (χ2n) is 4.96. The zero-order valence-corrected chi connectivity index (χ0v) is 12.8. The highest BCUT2D eigenvalue weighted by atomic mass is 16.6. The molecule has 6 nitrogen and oxygen atoms in total. The number of Topliss-reactive ketones (excluding diaryl/α,β-unsaturated/α-hetero) is 1. The summed E-state index contributed by atoms with van der Waals surface area (Å²) in [6, 6.07) is 0. The van der Waals surface area contributed by atoms with Gasteiger partial charge in [-0.25, -0.2) is 0 Å². The largest absolute Gasteiger partial charge is 0.462 e. The van der Waals surface area contributed by atoms with Crippen LogP contribution in [0.25, 0.3) is 0 Å². The minimum absolute atomic E-state index is 0.0324. The van der Waals surface area contributed by atoms with Gasteiger partial charge in [-0.05, 0) is 27.7 Å². The van der Waals surface area contributed by atoms with Crippen molar-refractivity contribution >= 4 is 17.7 Å². The Labute approximate surface area is 119 Å². The number of hydrogen-bond donors (Lipinski definition) is 0. The van der Waals surface area contributed by atoms with E-state index in [2.05, 4.69) is 0 Å². The van der Waals surface area contributed by atoms with E-state index in [-0.39, 0.29) is 31.1 Å². The zero-order valence-electron chi connectivity index (χ0n) is 12.8. The van der Waals surface area contributed by atoms with Gasteiger partial charge in [-0.1, -0.05) is 0 Å². The molecule has 116 valence electrons. The van der Waals surface area contributed by atoms with Crippen molar-refractivity contribution in [3.8, 4) is 0 Å². The number of ether oxygens (including phenoxy) is 3. The molecule has 0 N–H and O–H groups in total.